The van der Waals surface area contributed by atoms with Gasteiger partial charge >= 0.3 is 5.97 Å². The second kappa shape index (κ2) is 5.27. The first kappa shape index (κ1) is 14.0. The summed E-state index contributed by atoms with van der Waals surface area (Å²) in [5.41, 5.74) is 0. The zero-order valence-electron chi connectivity index (χ0n) is 10.7. The van der Waals surface area contributed by atoms with Gasteiger partial charge in [0.25, 0.3) is 0 Å². The number of fused-ring (bicyclic) bond motifs is 1. The topological polar surface area (TPSA) is 55.8 Å². The van der Waals surface area contributed by atoms with Crippen LogP contribution in [0.5, 0.6) is 11.5 Å². The van der Waals surface area contributed by atoms with E-state index in [2.05, 4.69) is 0 Å². The number of rotatable bonds is 4. The number of carboxylic acid groups (broad SMARTS) is 1. The highest BCUT2D eigenvalue weighted by Crippen LogP contribution is 2.41. The molecular weight excluding hydrogens is 288 g/mol. The fourth-order valence-corrected chi connectivity index (χ4v) is 3.07. The molecule has 0 bridgehead atoms. The number of thiophene rings is 1. The average molecular weight is 301 g/mol. The molecule has 0 saturated heterocycles. The summed E-state index contributed by atoms with van der Waals surface area (Å²) >= 11 is 7.20. The SMILES string of the molecule is COc1cc2c(Cl)c(C(=O)O)sc2cc1OC(C)C. The number of ether oxygens (including phenoxy) is 2. The standard InChI is InChI=1S/C13H13ClO4S/c1-6(2)18-9-5-10-7(4-8(9)17-3)11(14)12(19-10)13(15)16/h4-6H,1-3H3,(H,15,16). The molecule has 0 aliphatic rings. The number of methoxy groups -OCH3 is 1. The van der Waals surface area contributed by atoms with Gasteiger partial charge in [0.2, 0.25) is 0 Å². The molecule has 2 rings (SSSR count). The molecule has 1 N–H and O–H groups in total. The molecule has 2 aromatic rings. The summed E-state index contributed by atoms with van der Waals surface area (Å²) in [6.45, 7) is 3.82. The monoisotopic (exact) mass is 300 g/mol. The highest BCUT2D eigenvalue weighted by Gasteiger charge is 2.19. The van der Waals surface area contributed by atoms with Gasteiger partial charge in [-0.15, -0.1) is 11.3 Å². The lowest BCUT2D eigenvalue weighted by Gasteiger charge is -2.13. The van der Waals surface area contributed by atoms with Crippen LogP contribution in [0.1, 0.15) is 23.5 Å². The number of hydrogen-bond acceptors (Lipinski definition) is 4. The van der Waals surface area contributed by atoms with Crippen molar-refractivity contribution in [1.82, 2.24) is 0 Å². The minimum absolute atomic E-state index is 0.000674. The molecule has 6 heteroatoms. The van der Waals surface area contributed by atoms with E-state index in [1.165, 1.54) is 7.11 Å². The van der Waals surface area contributed by atoms with Gasteiger partial charge in [-0.2, -0.15) is 0 Å². The van der Waals surface area contributed by atoms with Gasteiger partial charge in [-0.05, 0) is 19.9 Å². The van der Waals surface area contributed by atoms with Gasteiger partial charge in [-0.25, -0.2) is 4.79 Å². The maximum Gasteiger partial charge on any atom is 0.347 e. The van der Waals surface area contributed by atoms with E-state index in [1.807, 2.05) is 13.8 Å². The minimum Gasteiger partial charge on any atom is -0.493 e. The summed E-state index contributed by atoms with van der Waals surface area (Å²) in [5, 5.41) is 9.97. The van der Waals surface area contributed by atoms with E-state index in [9.17, 15) is 4.79 Å². The van der Waals surface area contributed by atoms with Gasteiger partial charge in [0, 0.05) is 16.2 Å². The van der Waals surface area contributed by atoms with E-state index in [0.29, 0.717) is 16.9 Å². The zero-order chi connectivity index (χ0) is 14.2. The van der Waals surface area contributed by atoms with Crippen LogP contribution in [0.25, 0.3) is 10.1 Å². The molecule has 1 aromatic heterocycles. The number of halogens is 1. The van der Waals surface area contributed by atoms with Crippen molar-refractivity contribution in [2.45, 2.75) is 20.0 Å². The third-order valence-corrected chi connectivity index (χ3v) is 4.12. The Kier molecular flexibility index (Phi) is 3.87. The summed E-state index contributed by atoms with van der Waals surface area (Å²) in [6.07, 6.45) is 0.000674. The third-order valence-electron chi connectivity index (χ3n) is 2.47. The molecule has 0 atom stereocenters. The Labute approximate surface area is 119 Å². The molecule has 0 spiro atoms. The number of carboxylic acids is 1. The molecule has 0 unspecified atom stereocenters. The molecule has 0 radical (unpaired) electrons. The van der Waals surface area contributed by atoms with Gasteiger partial charge in [-0.3, -0.25) is 0 Å². The molecule has 102 valence electrons. The fraction of sp³-hybridized carbons (Fsp3) is 0.308. The van der Waals surface area contributed by atoms with E-state index < -0.39 is 5.97 Å². The van der Waals surface area contributed by atoms with Crippen molar-refractivity contribution in [2.75, 3.05) is 7.11 Å². The Morgan fingerprint density at radius 2 is 2.05 bits per heavy atom. The van der Waals surface area contributed by atoms with Crippen molar-refractivity contribution >= 4 is 39.0 Å². The maximum atomic E-state index is 11.1. The molecule has 0 aliphatic heterocycles. The van der Waals surface area contributed by atoms with Gasteiger partial charge in [0.05, 0.1) is 18.2 Å². The molecular formula is C13H13ClO4S. The van der Waals surface area contributed by atoms with Crippen LogP contribution in [0.3, 0.4) is 0 Å². The smallest absolute Gasteiger partial charge is 0.347 e. The first-order chi connectivity index (χ1) is 8.93. The second-order valence-electron chi connectivity index (χ2n) is 4.22. The predicted octanol–water partition coefficient (Wildman–Crippen LogP) is 4.05. The normalized spacial score (nSPS) is 11.0. The van der Waals surface area contributed by atoms with Gasteiger partial charge in [0.1, 0.15) is 4.88 Å². The van der Waals surface area contributed by atoms with Gasteiger partial charge in [0.15, 0.2) is 11.5 Å². The van der Waals surface area contributed by atoms with Crippen LogP contribution in [0.2, 0.25) is 5.02 Å². The Balaban J connectivity index is 2.64. The molecule has 1 aromatic carbocycles. The average Bonchev–Trinajstić information content (AvgIpc) is 2.64. The van der Waals surface area contributed by atoms with Crippen LogP contribution in [-0.4, -0.2) is 24.3 Å². The predicted molar refractivity (Wildman–Crippen MR) is 76.1 cm³/mol. The lowest BCUT2D eigenvalue weighted by atomic mass is 10.2. The molecule has 1 heterocycles. The van der Waals surface area contributed by atoms with E-state index in [4.69, 9.17) is 26.2 Å². The van der Waals surface area contributed by atoms with Crippen LogP contribution in [0.15, 0.2) is 12.1 Å². The summed E-state index contributed by atoms with van der Waals surface area (Å²) in [4.78, 5) is 11.2. The Morgan fingerprint density at radius 1 is 1.37 bits per heavy atom. The lowest BCUT2D eigenvalue weighted by molar-refractivity contribution is 0.0702. The van der Waals surface area contributed by atoms with Crippen LogP contribution in [0, 0.1) is 0 Å². The molecule has 0 saturated carbocycles. The summed E-state index contributed by atoms with van der Waals surface area (Å²) < 4.78 is 11.7. The Morgan fingerprint density at radius 3 is 2.58 bits per heavy atom. The zero-order valence-corrected chi connectivity index (χ0v) is 12.3. The van der Waals surface area contributed by atoms with Crippen LogP contribution < -0.4 is 9.47 Å². The number of aromatic carboxylic acids is 1. The third kappa shape index (κ3) is 2.62. The largest absolute Gasteiger partial charge is 0.493 e. The summed E-state index contributed by atoms with van der Waals surface area (Å²) in [5.74, 6) is 0.0918. The van der Waals surface area contributed by atoms with E-state index in [0.717, 1.165) is 16.0 Å². The van der Waals surface area contributed by atoms with Crippen molar-refractivity contribution in [2.24, 2.45) is 0 Å². The van der Waals surface area contributed by atoms with Crippen molar-refractivity contribution in [3.63, 3.8) is 0 Å². The van der Waals surface area contributed by atoms with E-state index in [1.54, 1.807) is 12.1 Å². The fourth-order valence-electron chi connectivity index (χ4n) is 1.72. The molecule has 4 nitrogen and oxygen atoms in total. The van der Waals surface area contributed by atoms with E-state index in [-0.39, 0.29) is 16.0 Å². The molecule has 19 heavy (non-hydrogen) atoms. The number of hydrogen-bond donors (Lipinski definition) is 1. The van der Waals surface area contributed by atoms with Crippen molar-refractivity contribution in [1.29, 1.82) is 0 Å². The van der Waals surface area contributed by atoms with Crippen LogP contribution in [-0.2, 0) is 0 Å². The lowest BCUT2D eigenvalue weighted by Crippen LogP contribution is -2.06. The van der Waals surface area contributed by atoms with Crippen LogP contribution >= 0.6 is 22.9 Å². The van der Waals surface area contributed by atoms with Crippen molar-refractivity contribution in [3.05, 3.63) is 22.0 Å². The second-order valence-corrected chi connectivity index (χ2v) is 5.65. The summed E-state index contributed by atoms with van der Waals surface area (Å²) in [6, 6.07) is 3.47. The van der Waals surface area contributed by atoms with Gasteiger partial charge in [-0.1, -0.05) is 11.6 Å². The maximum absolute atomic E-state index is 11.1. The minimum atomic E-state index is -1.03. The van der Waals surface area contributed by atoms with Crippen molar-refractivity contribution in [3.8, 4) is 11.5 Å². The van der Waals surface area contributed by atoms with Crippen LogP contribution in [0.4, 0.5) is 0 Å². The highest BCUT2D eigenvalue weighted by molar-refractivity contribution is 7.21. The van der Waals surface area contributed by atoms with E-state index >= 15 is 0 Å². The molecule has 0 amide bonds. The summed E-state index contributed by atoms with van der Waals surface area (Å²) in [7, 11) is 1.53. The number of carbonyl (C=O) groups is 1. The quantitative estimate of drug-likeness (QED) is 0.925. The Hall–Kier alpha value is -1.46. The number of benzene rings is 1. The molecule has 0 aliphatic carbocycles. The Bertz CT molecular complexity index is 633. The first-order valence-electron chi connectivity index (χ1n) is 5.64. The first-order valence-corrected chi connectivity index (χ1v) is 6.83. The van der Waals surface area contributed by atoms with Crippen molar-refractivity contribution < 1.29 is 19.4 Å². The van der Waals surface area contributed by atoms with Gasteiger partial charge < -0.3 is 14.6 Å². The highest BCUT2D eigenvalue weighted by atomic mass is 35.5. The molecule has 0 fully saturated rings.